The fraction of sp³-hybridized carbons (Fsp3) is 0. The van der Waals surface area contributed by atoms with Crippen LogP contribution in [0.3, 0.4) is 0 Å². The van der Waals surface area contributed by atoms with Crippen LogP contribution in [-0.4, -0.2) is 6.21 Å². The summed E-state index contributed by atoms with van der Waals surface area (Å²) in [5.74, 6) is -0.316. The van der Waals surface area contributed by atoms with Gasteiger partial charge in [0.15, 0.2) is 0 Å². The van der Waals surface area contributed by atoms with Crippen molar-refractivity contribution in [3.8, 4) is 0 Å². The van der Waals surface area contributed by atoms with E-state index in [2.05, 4.69) is 4.99 Å². The highest BCUT2D eigenvalue weighted by Crippen LogP contribution is 2.14. The Bertz CT molecular complexity index is 507. The molecule has 0 aromatic heterocycles. The monoisotopic (exact) mass is 214 g/mol. The van der Waals surface area contributed by atoms with Crippen molar-refractivity contribution >= 4 is 17.6 Å². The molecule has 0 unspecified atom stereocenters. The van der Waals surface area contributed by atoms with E-state index in [-0.39, 0.29) is 5.82 Å². The second kappa shape index (κ2) is 4.57. The number of nitrogen functional groups attached to an aromatic ring is 1. The molecule has 3 heteroatoms. The first kappa shape index (κ1) is 10.4. The normalized spacial score (nSPS) is 10.8. The van der Waals surface area contributed by atoms with Crippen LogP contribution in [0.2, 0.25) is 0 Å². The maximum atomic E-state index is 13.0. The summed E-state index contributed by atoms with van der Waals surface area (Å²) in [5, 5.41) is 0. The summed E-state index contributed by atoms with van der Waals surface area (Å²) >= 11 is 0. The number of aliphatic imine (C=N–C) groups is 1. The van der Waals surface area contributed by atoms with E-state index in [9.17, 15) is 4.39 Å². The highest BCUT2D eigenvalue weighted by molar-refractivity contribution is 5.88. The van der Waals surface area contributed by atoms with Gasteiger partial charge < -0.3 is 5.73 Å². The maximum absolute atomic E-state index is 13.0. The molecular weight excluding hydrogens is 203 g/mol. The van der Waals surface area contributed by atoms with Gasteiger partial charge in [-0.25, -0.2) is 4.39 Å². The van der Waals surface area contributed by atoms with Gasteiger partial charge in [0, 0.05) is 17.5 Å². The third-order valence-electron chi connectivity index (χ3n) is 2.16. The van der Waals surface area contributed by atoms with Crippen molar-refractivity contribution in [1.29, 1.82) is 0 Å². The van der Waals surface area contributed by atoms with E-state index in [0.717, 1.165) is 5.69 Å². The first-order chi connectivity index (χ1) is 7.75. The Morgan fingerprint density at radius 2 is 1.81 bits per heavy atom. The van der Waals surface area contributed by atoms with Crippen molar-refractivity contribution < 1.29 is 4.39 Å². The van der Waals surface area contributed by atoms with Crippen molar-refractivity contribution in [3.05, 3.63) is 59.9 Å². The molecule has 0 saturated carbocycles. The number of benzene rings is 2. The molecule has 16 heavy (non-hydrogen) atoms. The average Bonchev–Trinajstić information content (AvgIpc) is 2.32. The van der Waals surface area contributed by atoms with Crippen LogP contribution in [0.15, 0.2) is 53.5 Å². The van der Waals surface area contributed by atoms with Crippen molar-refractivity contribution in [2.75, 3.05) is 5.73 Å². The number of nitrogens with two attached hydrogens (primary N) is 1. The molecule has 2 aromatic rings. The molecule has 0 atom stereocenters. The molecular formula is C13H11FN2. The molecule has 0 aliphatic carbocycles. The highest BCUT2D eigenvalue weighted by atomic mass is 19.1. The molecule has 2 rings (SSSR count). The number of nitrogens with zero attached hydrogens (tertiary/aromatic N) is 1. The molecule has 0 radical (unpaired) electrons. The number of anilines is 1. The number of para-hydroxylation sites is 1. The highest BCUT2D eigenvalue weighted by Gasteiger charge is 1.97. The van der Waals surface area contributed by atoms with E-state index in [0.29, 0.717) is 11.3 Å². The zero-order chi connectivity index (χ0) is 11.4. The molecule has 0 heterocycles. The van der Waals surface area contributed by atoms with Gasteiger partial charge in [-0.15, -0.1) is 0 Å². The molecule has 0 amide bonds. The zero-order valence-electron chi connectivity index (χ0n) is 8.60. The minimum atomic E-state index is -0.316. The Labute approximate surface area is 93.3 Å². The van der Waals surface area contributed by atoms with Crippen molar-refractivity contribution in [2.24, 2.45) is 4.99 Å². The molecule has 2 nitrogen and oxygen atoms in total. The van der Waals surface area contributed by atoms with Crippen molar-refractivity contribution in [3.63, 3.8) is 0 Å². The zero-order valence-corrected chi connectivity index (χ0v) is 8.60. The second-order valence-corrected chi connectivity index (χ2v) is 3.37. The lowest BCUT2D eigenvalue weighted by molar-refractivity contribution is 0.628. The fourth-order valence-corrected chi connectivity index (χ4v) is 1.32. The van der Waals surface area contributed by atoms with E-state index in [1.807, 2.05) is 30.3 Å². The average molecular weight is 214 g/mol. The SMILES string of the molecule is Nc1ccc(F)cc1C=Nc1ccccc1. The van der Waals surface area contributed by atoms with Crippen LogP contribution in [0, 0.1) is 5.82 Å². The van der Waals surface area contributed by atoms with E-state index in [4.69, 9.17) is 5.73 Å². The lowest BCUT2D eigenvalue weighted by Crippen LogP contribution is -1.93. The molecule has 0 fully saturated rings. The number of hydrogen-bond donors (Lipinski definition) is 1. The number of halogens is 1. The molecule has 80 valence electrons. The lowest BCUT2D eigenvalue weighted by atomic mass is 10.2. The minimum Gasteiger partial charge on any atom is -0.398 e. The van der Waals surface area contributed by atoms with Gasteiger partial charge in [-0.2, -0.15) is 0 Å². The van der Waals surface area contributed by atoms with Gasteiger partial charge in [-0.05, 0) is 30.3 Å². The third kappa shape index (κ3) is 2.45. The van der Waals surface area contributed by atoms with Gasteiger partial charge >= 0.3 is 0 Å². The van der Waals surface area contributed by atoms with Gasteiger partial charge in [0.05, 0.1) is 5.69 Å². The summed E-state index contributed by atoms with van der Waals surface area (Å²) in [4.78, 5) is 4.21. The van der Waals surface area contributed by atoms with Crippen LogP contribution in [0.25, 0.3) is 0 Å². The third-order valence-corrected chi connectivity index (χ3v) is 2.16. The number of rotatable bonds is 2. The maximum Gasteiger partial charge on any atom is 0.124 e. The molecule has 2 aromatic carbocycles. The summed E-state index contributed by atoms with van der Waals surface area (Å²) in [6.07, 6.45) is 1.56. The quantitative estimate of drug-likeness (QED) is 0.605. The summed E-state index contributed by atoms with van der Waals surface area (Å²) in [5.41, 5.74) is 7.61. The van der Waals surface area contributed by atoms with Crippen LogP contribution < -0.4 is 5.73 Å². The topological polar surface area (TPSA) is 38.4 Å². The second-order valence-electron chi connectivity index (χ2n) is 3.37. The van der Waals surface area contributed by atoms with Gasteiger partial charge in [-0.3, -0.25) is 4.99 Å². The van der Waals surface area contributed by atoms with E-state index in [1.165, 1.54) is 18.2 Å². The van der Waals surface area contributed by atoms with Crippen LogP contribution in [-0.2, 0) is 0 Å². The Morgan fingerprint density at radius 1 is 1.06 bits per heavy atom. The summed E-state index contributed by atoms with van der Waals surface area (Å²) < 4.78 is 13.0. The number of hydrogen-bond acceptors (Lipinski definition) is 2. The standard InChI is InChI=1S/C13H11FN2/c14-11-6-7-13(15)10(8-11)9-16-12-4-2-1-3-5-12/h1-9H,15H2. The molecule has 2 N–H and O–H groups in total. The first-order valence-electron chi connectivity index (χ1n) is 4.90. The van der Waals surface area contributed by atoms with Crippen LogP contribution >= 0.6 is 0 Å². The lowest BCUT2D eigenvalue weighted by Gasteiger charge is -1.99. The van der Waals surface area contributed by atoms with Crippen LogP contribution in [0.4, 0.5) is 15.8 Å². The van der Waals surface area contributed by atoms with Crippen LogP contribution in [0.1, 0.15) is 5.56 Å². The van der Waals surface area contributed by atoms with Gasteiger partial charge in [-0.1, -0.05) is 18.2 Å². The Balaban J connectivity index is 2.27. The summed E-state index contributed by atoms with van der Waals surface area (Å²) in [6, 6.07) is 13.6. The Morgan fingerprint density at radius 3 is 2.56 bits per heavy atom. The largest absolute Gasteiger partial charge is 0.398 e. The first-order valence-corrected chi connectivity index (χ1v) is 4.90. The van der Waals surface area contributed by atoms with E-state index < -0.39 is 0 Å². The predicted molar refractivity (Wildman–Crippen MR) is 64.5 cm³/mol. The molecule has 0 aliphatic heterocycles. The summed E-state index contributed by atoms with van der Waals surface area (Å²) in [7, 11) is 0. The Kier molecular flexibility index (Phi) is 2.96. The Hall–Kier alpha value is -2.16. The molecule has 0 bridgehead atoms. The smallest absolute Gasteiger partial charge is 0.124 e. The van der Waals surface area contributed by atoms with Crippen molar-refractivity contribution in [1.82, 2.24) is 0 Å². The van der Waals surface area contributed by atoms with Gasteiger partial charge in [0.25, 0.3) is 0 Å². The molecule has 0 saturated heterocycles. The fourth-order valence-electron chi connectivity index (χ4n) is 1.32. The van der Waals surface area contributed by atoms with Crippen LogP contribution in [0.5, 0.6) is 0 Å². The van der Waals surface area contributed by atoms with E-state index in [1.54, 1.807) is 6.21 Å². The van der Waals surface area contributed by atoms with E-state index >= 15 is 0 Å². The summed E-state index contributed by atoms with van der Waals surface area (Å²) in [6.45, 7) is 0. The predicted octanol–water partition coefficient (Wildman–Crippen LogP) is 3.16. The minimum absolute atomic E-state index is 0.316. The molecule has 0 spiro atoms. The van der Waals surface area contributed by atoms with Gasteiger partial charge in [0.2, 0.25) is 0 Å². The van der Waals surface area contributed by atoms with Crippen molar-refractivity contribution in [2.45, 2.75) is 0 Å². The van der Waals surface area contributed by atoms with Gasteiger partial charge in [0.1, 0.15) is 5.82 Å². The molecule has 0 aliphatic rings.